The number of carboxylic acid groups (broad SMARTS) is 1. The van der Waals surface area contributed by atoms with Crippen LogP contribution >= 0.6 is 0 Å². The Bertz CT molecular complexity index is 444. The zero-order chi connectivity index (χ0) is 10.8. The number of benzene rings is 1. The first-order valence-corrected chi connectivity index (χ1v) is 5.77. The lowest BCUT2D eigenvalue weighted by Crippen LogP contribution is -2.00. The Labute approximate surface area is 82.0 Å². The minimum absolute atomic E-state index is 0.155. The van der Waals surface area contributed by atoms with Crippen molar-refractivity contribution >= 4 is 21.1 Å². The molecule has 0 bridgehead atoms. The fourth-order valence-electron chi connectivity index (χ4n) is 0.957. The molecule has 0 aliphatic carbocycles. The van der Waals surface area contributed by atoms with Crippen LogP contribution in [0.3, 0.4) is 0 Å². The highest BCUT2D eigenvalue weighted by molar-refractivity contribution is 7.95. The molecule has 1 unspecified atom stereocenters. The van der Waals surface area contributed by atoms with Gasteiger partial charge in [-0.15, -0.1) is 0 Å². The summed E-state index contributed by atoms with van der Waals surface area (Å²) < 4.78 is 20.0. The van der Waals surface area contributed by atoms with E-state index in [9.17, 15) is 9.00 Å². The van der Waals surface area contributed by atoms with Crippen molar-refractivity contribution in [2.45, 2.75) is 0 Å². The third-order valence-electron chi connectivity index (χ3n) is 1.51. The highest BCUT2D eigenvalue weighted by atomic mass is 32.2. The van der Waals surface area contributed by atoms with E-state index in [1.165, 1.54) is 35.9 Å². The summed E-state index contributed by atoms with van der Waals surface area (Å²) in [6.07, 6.45) is 1.19. The fourth-order valence-corrected chi connectivity index (χ4v) is 1.62. The van der Waals surface area contributed by atoms with Crippen LogP contribution in [-0.4, -0.2) is 31.5 Å². The third kappa shape index (κ3) is 3.20. The predicted octanol–water partition coefficient (Wildman–Crippen LogP) is 0.922. The van der Waals surface area contributed by atoms with Gasteiger partial charge in [0, 0.05) is 11.6 Å². The molecular weight excluding hydrogens is 204 g/mol. The van der Waals surface area contributed by atoms with E-state index in [0.717, 1.165) is 0 Å². The molecule has 1 aromatic rings. The maximum atomic E-state index is 11.0. The maximum Gasteiger partial charge on any atom is 0.335 e. The highest BCUT2D eigenvalue weighted by Gasteiger charge is 2.01. The Hall–Kier alpha value is -1.33. The smallest absolute Gasteiger partial charge is 0.335 e. The number of hydrogen-bond acceptors (Lipinski definition) is 2. The van der Waals surface area contributed by atoms with E-state index in [1.807, 2.05) is 0 Å². The van der Waals surface area contributed by atoms with Crippen LogP contribution in [0.15, 0.2) is 24.3 Å². The van der Waals surface area contributed by atoms with Crippen molar-refractivity contribution in [2.75, 3.05) is 6.26 Å². The van der Waals surface area contributed by atoms with E-state index in [4.69, 9.17) is 9.66 Å². The van der Waals surface area contributed by atoms with Gasteiger partial charge in [0.05, 0.1) is 15.4 Å². The lowest BCUT2D eigenvalue weighted by atomic mass is 10.2. The van der Waals surface area contributed by atoms with Gasteiger partial charge in [-0.2, -0.15) is 0 Å². The normalized spacial score (nSPS) is 14.4. The van der Waals surface area contributed by atoms with Gasteiger partial charge in [-0.1, -0.05) is 12.1 Å². The van der Waals surface area contributed by atoms with Crippen molar-refractivity contribution in [3.63, 3.8) is 0 Å². The molecule has 0 aliphatic heterocycles. The van der Waals surface area contributed by atoms with E-state index in [2.05, 4.69) is 0 Å². The number of hydrogen-bond donors (Lipinski definition) is 2. The Morgan fingerprint density at radius 1 is 1.36 bits per heavy atom. The Morgan fingerprint density at radius 2 is 1.86 bits per heavy atom. The SMILES string of the molecule is CS(=O)(O)=Cc1ccc(C(=O)O)cc1. The Morgan fingerprint density at radius 3 is 2.21 bits per heavy atom. The molecule has 2 N–H and O–H groups in total. The lowest BCUT2D eigenvalue weighted by Gasteiger charge is -1.97. The van der Waals surface area contributed by atoms with E-state index >= 15 is 0 Å². The molecule has 0 spiro atoms. The molecule has 0 amide bonds. The second-order valence-corrected chi connectivity index (χ2v) is 4.86. The summed E-state index contributed by atoms with van der Waals surface area (Å²) in [4.78, 5) is 10.5. The molecule has 1 atom stereocenters. The van der Waals surface area contributed by atoms with Crippen molar-refractivity contribution < 1.29 is 18.7 Å². The fraction of sp³-hybridized carbons (Fsp3) is 0.111. The molecule has 0 aromatic heterocycles. The molecule has 0 fully saturated rings. The molecule has 14 heavy (non-hydrogen) atoms. The zero-order valence-electron chi connectivity index (χ0n) is 7.51. The van der Waals surface area contributed by atoms with Crippen molar-refractivity contribution in [2.24, 2.45) is 0 Å². The molecule has 76 valence electrons. The number of carboxylic acids is 1. The second kappa shape index (κ2) is 3.81. The number of carbonyl (C=O) groups is 1. The number of rotatable bonds is 2. The van der Waals surface area contributed by atoms with Crippen LogP contribution in [-0.2, 0) is 9.80 Å². The highest BCUT2D eigenvalue weighted by Crippen LogP contribution is 2.02. The van der Waals surface area contributed by atoms with Crippen LogP contribution < -0.4 is 0 Å². The topological polar surface area (TPSA) is 74.6 Å². The van der Waals surface area contributed by atoms with Gasteiger partial charge >= 0.3 is 5.97 Å². The third-order valence-corrected chi connectivity index (χ3v) is 2.22. The van der Waals surface area contributed by atoms with Gasteiger partial charge in [-0.05, 0) is 17.7 Å². The zero-order valence-corrected chi connectivity index (χ0v) is 8.32. The number of aromatic carboxylic acids is 1. The minimum Gasteiger partial charge on any atom is -0.478 e. The first-order valence-electron chi connectivity index (χ1n) is 3.78. The minimum atomic E-state index is -2.93. The Balaban J connectivity index is 3.07. The molecule has 0 radical (unpaired) electrons. The summed E-state index contributed by atoms with van der Waals surface area (Å²) in [6, 6.07) is 5.75. The maximum absolute atomic E-state index is 11.0. The van der Waals surface area contributed by atoms with Crippen molar-refractivity contribution in [1.82, 2.24) is 0 Å². The summed E-state index contributed by atoms with van der Waals surface area (Å²) >= 11 is 0. The summed E-state index contributed by atoms with van der Waals surface area (Å²) in [5.74, 6) is -1.02. The average molecular weight is 214 g/mol. The van der Waals surface area contributed by atoms with Gasteiger partial charge < -0.3 is 9.66 Å². The standard InChI is InChI=1S/C9H10O4S/c1-14(12,13)6-7-2-4-8(5-3-7)9(10)11/h2-6H,1H3,(H,10,11)(H,12,13). The molecule has 0 saturated heterocycles. The van der Waals surface area contributed by atoms with Crippen molar-refractivity contribution in [3.8, 4) is 0 Å². The molecule has 5 heteroatoms. The van der Waals surface area contributed by atoms with Gasteiger partial charge in [0.25, 0.3) is 0 Å². The van der Waals surface area contributed by atoms with Crippen LogP contribution in [0, 0.1) is 0 Å². The monoisotopic (exact) mass is 214 g/mol. The average Bonchev–Trinajstić information content (AvgIpc) is 2.02. The van der Waals surface area contributed by atoms with Gasteiger partial charge in [0.2, 0.25) is 0 Å². The van der Waals surface area contributed by atoms with Crippen molar-refractivity contribution in [3.05, 3.63) is 35.4 Å². The van der Waals surface area contributed by atoms with Crippen LogP contribution in [0.5, 0.6) is 0 Å². The molecular formula is C9H10O4S. The molecule has 0 saturated carbocycles. The molecule has 1 rings (SSSR count). The molecule has 4 nitrogen and oxygen atoms in total. The molecule has 0 heterocycles. The van der Waals surface area contributed by atoms with Crippen molar-refractivity contribution in [1.29, 1.82) is 0 Å². The second-order valence-electron chi connectivity index (χ2n) is 2.91. The van der Waals surface area contributed by atoms with Crippen LogP contribution in [0.1, 0.15) is 15.9 Å². The predicted molar refractivity (Wildman–Crippen MR) is 55.3 cm³/mol. The first kappa shape index (κ1) is 10.7. The van der Waals surface area contributed by atoms with E-state index in [1.54, 1.807) is 0 Å². The summed E-state index contributed by atoms with van der Waals surface area (Å²) in [5.41, 5.74) is 0.688. The van der Waals surface area contributed by atoms with E-state index < -0.39 is 15.8 Å². The van der Waals surface area contributed by atoms with Crippen LogP contribution in [0.4, 0.5) is 0 Å². The first-order chi connectivity index (χ1) is 6.38. The van der Waals surface area contributed by atoms with Gasteiger partial charge in [0.1, 0.15) is 0 Å². The summed E-state index contributed by atoms with van der Waals surface area (Å²) in [7, 11) is -2.93. The lowest BCUT2D eigenvalue weighted by molar-refractivity contribution is 0.0697. The summed E-state index contributed by atoms with van der Waals surface area (Å²) in [6.45, 7) is 0. The van der Waals surface area contributed by atoms with Crippen LogP contribution in [0.25, 0.3) is 0 Å². The molecule has 1 aromatic carbocycles. The van der Waals surface area contributed by atoms with Gasteiger partial charge in [0.15, 0.2) is 0 Å². The van der Waals surface area contributed by atoms with E-state index in [0.29, 0.717) is 5.56 Å². The van der Waals surface area contributed by atoms with E-state index in [-0.39, 0.29) is 5.56 Å². The largest absolute Gasteiger partial charge is 0.478 e. The molecule has 0 aliphatic rings. The van der Waals surface area contributed by atoms with Crippen LogP contribution in [0.2, 0.25) is 0 Å². The Kier molecular flexibility index (Phi) is 2.93. The quantitative estimate of drug-likeness (QED) is 0.718. The summed E-state index contributed by atoms with van der Waals surface area (Å²) in [5, 5.41) is 9.79. The van der Waals surface area contributed by atoms with Gasteiger partial charge in [-0.3, -0.25) is 0 Å². The van der Waals surface area contributed by atoms with Gasteiger partial charge in [-0.25, -0.2) is 9.00 Å².